The van der Waals surface area contributed by atoms with Gasteiger partial charge in [0.05, 0.1) is 22.7 Å². The molecule has 0 N–H and O–H groups in total. The summed E-state index contributed by atoms with van der Waals surface area (Å²) in [5, 5.41) is 0. The second-order valence-electron chi connectivity index (χ2n) is 12.0. The molecule has 4 aliphatic heterocycles. The third-order valence-electron chi connectivity index (χ3n) is 9.12. The molecule has 0 saturated heterocycles. The molecule has 0 unspecified atom stereocenters. The van der Waals surface area contributed by atoms with Gasteiger partial charge in [-0.3, -0.25) is 0 Å². The normalized spacial score (nSPS) is 15.6. The van der Waals surface area contributed by atoms with E-state index in [9.17, 15) is 9.59 Å². The van der Waals surface area contributed by atoms with E-state index in [2.05, 4.69) is 58.3 Å². The Bertz CT molecular complexity index is 2320. The van der Waals surface area contributed by atoms with Crippen molar-refractivity contribution in [1.29, 1.82) is 0 Å². The maximum atomic E-state index is 13.6. The molecular formula is C42H24N2O4S2. The predicted octanol–water partition coefficient (Wildman–Crippen LogP) is 10.8. The summed E-state index contributed by atoms with van der Waals surface area (Å²) in [7, 11) is 0. The van der Waals surface area contributed by atoms with Gasteiger partial charge >= 0.3 is 11.9 Å². The molecule has 6 aromatic carbocycles. The van der Waals surface area contributed by atoms with E-state index in [1.54, 1.807) is 23.5 Å². The Hall–Kier alpha value is -5.96. The first-order chi connectivity index (χ1) is 24.6. The number of esters is 2. The first kappa shape index (κ1) is 29.0. The molecule has 0 atom stereocenters. The number of fused-ring (bicyclic) bond motifs is 5. The van der Waals surface area contributed by atoms with Crippen molar-refractivity contribution in [3.63, 3.8) is 0 Å². The van der Waals surface area contributed by atoms with Crippen LogP contribution in [0.3, 0.4) is 0 Å². The standard InChI is InChI=1S/C42H24N2O4S2/c45-41-37(25-19-21-31-35(23-25)49-33-17-9-7-15-29(33)43(31)27-11-3-1-4-12-27)39-40(48-41)38(42(46)47-39)26-20-22-32-36(24-26)50-34-18-10-8-16-30(34)44(32)28-13-5-2-6-14-28/h1-24H. The summed E-state index contributed by atoms with van der Waals surface area (Å²) in [4.78, 5) is 35.7. The van der Waals surface area contributed by atoms with Crippen LogP contribution in [0.1, 0.15) is 11.1 Å². The van der Waals surface area contributed by atoms with Crippen LogP contribution in [0.25, 0.3) is 11.1 Å². The third-order valence-corrected chi connectivity index (χ3v) is 11.3. The number of para-hydroxylation sites is 4. The zero-order valence-corrected chi connectivity index (χ0v) is 27.8. The summed E-state index contributed by atoms with van der Waals surface area (Å²) in [5.74, 6) is -0.759. The molecule has 0 radical (unpaired) electrons. The van der Waals surface area contributed by atoms with E-state index in [1.165, 1.54) is 0 Å². The summed E-state index contributed by atoms with van der Waals surface area (Å²) in [6.45, 7) is 0. The van der Waals surface area contributed by atoms with E-state index in [0.29, 0.717) is 11.1 Å². The van der Waals surface area contributed by atoms with Gasteiger partial charge in [-0.2, -0.15) is 0 Å². The highest BCUT2D eigenvalue weighted by Gasteiger charge is 2.44. The van der Waals surface area contributed by atoms with Gasteiger partial charge in [-0.15, -0.1) is 0 Å². The Morgan fingerprint density at radius 3 is 1.22 bits per heavy atom. The van der Waals surface area contributed by atoms with Crippen molar-refractivity contribution in [2.45, 2.75) is 19.6 Å². The molecular weight excluding hydrogens is 661 g/mol. The van der Waals surface area contributed by atoms with Gasteiger partial charge in [-0.25, -0.2) is 9.59 Å². The van der Waals surface area contributed by atoms with Gasteiger partial charge in [0.2, 0.25) is 0 Å². The van der Waals surface area contributed by atoms with Crippen LogP contribution in [-0.2, 0) is 19.1 Å². The summed E-state index contributed by atoms with van der Waals surface area (Å²) in [5.41, 5.74) is 7.99. The Morgan fingerprint density at radius 2 is 0.780 bits per heavy atom. The summed E-state index contributed by atoms with van der Waals surface area (Å²) in [6.07, 6.45) is 0. The third kappa shape index (κ3) is 4.46. The number of ether oxygens (including phenoxy) is 2. The SMILES string of the molecule is O=C1OC2=C(c3ccc4c(c3)Sc3ccccc3N4c3ccccc3)C(=O)OC2=C1c1ccc2c(c1)Sc1ccccc1N2c1ccccc1. The van der Waals surface area contributed by atoms with Gasteiger partial charge in [-0.1, -0.05) is 96.3 Å². The van der Waals surface area contributed by atoms with Crippen molar-refractivity contribution in [2.24, 2.45) is 0 Å². The van der Waals surface area contributed by atoms with Crippen LogP contribution in [0.5, 0.6) is 0 Å². The molecule has 0 saturated carbocycles. The maximum Gasteiger partial charge on any atom is 0.348 e. The van der Waals surface area contributed by atoms with Crippen molar-refractivity contribution in [3.8, 4) is 0 Å². The number of carbonyl (C=O) groups excluding carboxylic acids is 2. The molecule has 50 heavy (non-hydrogen) atoms. The fraction of sp³-hybridized carbons (Fsp3) is 0. The molecule has 8 heteroatoms. The van der Waals surface area contributed by atoms with Crippen molar-refractivity contribution >= 4 is 80.7 Å². The minimum atomic E-state index is -0.544. The molecule has 4 aliphatic rings. The summed E-state index contributed by atoms with van der Waals surface area (Å²) in [6, 6.07) is 48.7. The fourth-order valence-electron chi connectivity index (χ4n) is 6.93. The van der Waals surface area contributed by atoms with Crippen molar-refractivity contribution in [3.05, 3.63) is 168 Å². The molecule has 0 aliphatic carbocycles. The Morgan fingerprint density at radius 1 is 0.400 bits per heavy atom. The van der Waals surface area contributed by atoms with E-state index in [1.807, 2.05) is 97.1 Å². The Labute approximate surface area is 296 Å². The first-order valence-corrected chi connectivity index (χ1v) is 17.7. The van der Waals surface area contributed by atoms with Gasteiger partial charge in [0.1, 0.15) is 11.1 Å². The van der Waals surface area contributed by atoms with E-state index in [-0.39, 0.29) is 22.7 Å². The maximum absolute atomic E-state index is 13.6. The molecule has 0 fully saturated rings. The van der Waals surface area contributed by atoms with Crippen LogP contribution in [0.4, 0.5) is 34.1 Å². The lowest BCUT2D eigenvalue weighted by Crippen LogP contribution is -2.15. The lowest BCUT2D eigenvalue weighted by molar-refractivity contribution is -0.131. The largest absolute Gasteiger partial charge is 0.418 e. The molecule has 4 heterocycles. The van der Waals surface area contributed by atoms with Crippen molar-refractivity contribution < 1.29 is 19.1 Å². The van der Waals surface area contributed by atoms with Gasteiger partial charge in [0.15, 0.2) is 11.5 Å². The van der Waals surface area contributed by atoms with Gasteiger partial charge < -0.3 is 19.3 Å². The van der Waals surface area contributed by atoms with Crippen LogP contribution >= 0.6 is 23.5 Å². The van der Waals surface area contributed by atoms with Crippen LogP contribution in [-0.4, -0.2) is 11.9 Å². The number of nitrogens with zero attached hydrogens (tertiary/aromatic N) is 2. The van der Waals surface area contributed by atoms with Gasteiger partial charge in [-0.05, 0) is 83.9 Å². The van der Waals surface area contributed by atoms with E-state index in [4.69, 9.17) is 9.47 Å². The molecule has 0 spiro atoms. The minimum Gasteiger partial charge on any atom is -0.418 e. The van der Waals surface area contributed by atoms with E-state index >= 15 is 0 Å². The predicted molar refractivity (Wildman–Crippen MR) is 197 cm³/mol. The minimum absolute atomic E-state index is 0.165. The molecule has 0 amide bonds. The topological polar surface area (TPSA) is 59.1 Å². The Kier molecular flexibility index (Phi) is 6.55. The van der Waals surface area contributed by atoms with Crippen molar-refractivity contribution in [2.75, 3.05) is 9.80 Å². The van der Waals surface area contributed by atoms with Crippen LogP contribution in [0, 0.1) is 0 Å². The molecule has 6 nitrogen and oxygen atoms in total. The smallest absolute Gasteiger partial charge is 0.348 e. The van der Waals surface area contributed by atoms with E-state index < -0.39 is 11.9 Å². The number of anilines is 6. The quantitative estimate of drug-likeness (QED) is 0.170. The average molecular weight is 685 g/mol. The highest BCUT2D eigenvalue weighted by Crippen LogP contribution is 2.54. The van der Waals surface area contributed by atoms with Gasteiger partial charge in [0.25, 0.3) is 0 Å². The highest BCUT2D eigenvalue weighted by molar-refractivity contribution is 8.00. The van der Waals surface area contributed by atoms with Crippen molar-refractivity contribution in [1.82, 2.24) is 0 Å². The summed E-state index contributed by atoms with van der Waals surface area (Å²) >= 11 is 3.29. The number of rotatable bonds is 4. The lowest BCUT2D eigenvalue weighted by Gasteiger charge is -2.33. The number of benzene rings is 6. The number of carbonyl (C=O) groups is 2. The molecule has 6 aromatic rings. The highest BCUT2D eigenvalue weighted by atomic mass is 32.2. The summed E-state index contributed by atoms with van der Waals surface area (Å²) < 4.78 is 11.7. The second kappa shape index (κ2) is 11.3. The first-order valence-electron chi connectivity index (χ1n) is 16.1. The molecule has 238 valence electrons. The van der Waals surface area contributed by atoms with Crippen LogP contribution in [0.15, 0.2) is 177 Å². The van der Waals surface area contributed by atoms with Crippen LogP contribution < -0.4 is 9.80 Å². The molecule has 10 rings (SSSR count). The Balaban J connectivity index is 1.06. The number of hydrogen-bond donors (Lipinski definition) is 0. The molecule has 0 aromatic heterocycles. The van der Waals surface area contributed by atoms with E-state index in [0.717, 1.165) is 53.7 Å². The number of hydrogen-bond acceptors (Lipinski definition) is 8. The zero-order valence-electron chi connectivity index (χ0n) is 26.2. The van der Waals surface area contributed by atoms with Crippen LogP contribution in [0.2, 0.25) is 0 Å². The monoisotopic (exact) mass is 684 g/mol. The lowest BCUT2D eigenvalue weighted by atomic mass is 10.0. The fourth-order valence-corrected chi connectivity index (χ4v) is 9.12. The average Bonchev–Trinajstić information content (AvgIpc) is 3.64. The zero-order chi connectivity index (χ0) is 33.3. The molecule has 0 bridgehead atoms. The second-order valence-corrected chi connectivity index (χ2v) is 14.2. The van der Waals surface area contributed by atoms with Gasteiger partial charge in [0, 0.05) is 31.0 Å².